The molecule has 23 heavy (non-hydrogen) atoms. The minimum atomic E-state index is 0.0196. The molecule has 0 aliphatic heterocycles. The van der Waals surface area contributed by atoms with E-state index in [2.05, 4.69) is 10.1 Å². The largest absolute Gasteiger partial charge is 0.272 e. The fraction of sp³-hybridized carbons (Fsp3) is 0.421. The highest BCUT2D eigenvalue weighted by Gasteiger charge is 2.18. The molecule has 1 fully saturated rings. The van der Waals surface area contributed by atoms with Gasteiger partial charge in [-0.2, -0.15) is 5.10 Å². The van der Waals surface area contributed by atoms with Crippen LogP contribution in [0.25, 0.3) is 5.69 Å². The van der Waals surface area contributed by atoms with Gasteiger partial charge in [0.25, 0.3) is 0 Å². The van der Waals surface area contributed by atoms with Crippen LogP contribution in [0.3, 0.4) is 0 Å². The summed E-state index contributed by atoms with van der Waals surface area (Å²) in [5, 5.41) is 4.99. The molecule has 120 valence electrons. The van der Waals surface area contributed by atoms with E-state index in [4.69, 9.17) is 0 Å². The molecule has 3 rings (SSSR count). The molecule has 0 spiro atoms. The molecule has 0 atom stereocenters. The highest BCUT2D eigenvalue weighted by Crippen LogP contribution is 2.23. The smallest absolute Gasteiger partial charge is 0.249 e. The number of para-hydroxylation sites is 1. The number of hydrogen-bond acceptors (Lipinski definition) is 2. The van der Waals surface area contributed by atoms with E-state index in [9.17, 15) is 4.79 Å². The maximum absolute atomic E-state index is 12.4. The van der Waals surface area contributed by atoms with Crippen molar-refractivity contribution in [3.8, 4) is 5.69 Å². The highest BCUT2D eigenvalue weighted by molar-refractivity contribution is 5.79. The normalized spacial score (nSPS) is 17.5. The Labute approximate surface area is 136 Å². The van der Waals surface area contributed by atoms with Gasteiger partial charge in [0, 0.05) is 12.1 Å². The quantitative estimate of drug-likeness (QED) is 0.850. The minimum absolute atomic E-state index is 0.0196. The fourth-order valence-electron chi connectivity index (χ4n) is 3.07. The Balaban J connectivity index is 1.73. The lowest BCUT2D eigenvalue weighted by Crippen LogP contribution is -2.18. The maximum atomic E-state index is 12.4. The molecule has 0 radical (unpaired) electrons. The van der Waals surface area contributed by atoms with Crippen LogP contribution >= 0.6 is 0 Å². The van der Waals surface area contributed by atoms with Crippen molar-refractivity contribution < 1.29 is 4.79 Å². The summed E-state index contributed by atoms with van der Waals surface area (Å²) in [7, 11) is 0. The van der Waals surface area contributed by atoms with E-state index >= 15 is 0 Å². The third-order valence-corrected chi connectivity index (χ3v) is 4.42. The fourth-order valence-corrected chi connectivity index (χ4v) is 3.07. The summed E-state index contributed by atoms with van der Waals surface area (Å²) >= 11 is 0. The van der Waals surface area contributed by atoms with Gasteiger partial charge in [-0.3, -0.25) is 4.79 Å². The van der Waals surface area contributed by atoms with Crippen LogP contribution in [-0.2, 0) is 4.79 Å². The monoisotopic (exact) mass is 309 g/mol. The first-order valence-corrected chi connectivity index (χ1v) is 8.52. The van der Waals surface area contributed by atoms with Gasteiger partial charge in [0.1, 0.15) is 0 Å². The molecule has 1 aliphatic carbocycles. The molecular weight excluding hydrogens is 286 g/mol. The number of rotatable bonds is 2. The van der Waals surface area contributed by atoms with Gasteiger partial charge in [0.15, 0.2) is 0 Å². The van der Waals surface area contributed by atoms with Crippen LogP contribution in [0, 0.1) is 5.92 Å². The van der Waals surface area contributed by atoms with Gasteiger partial charge < -0.3 is 0 Å². The van der Waals surface area contributed by atoms with Crippen molar-refractivity contribution in [2.24, 2.45) is 10.9 Å². The highest BCUT2D eigenvalue weighted by atomic mass is 16.1. The lowest BCUT2D eigenvalue weighted by molar-refractivity contribution is -0.122. The molecule has 0 saturated heterocycles. The van der Waals surface area contributed by atoms with Gasteiger partial charge in [0.2, 0.25) is 5.91 Å². The second kappa shape index (κ2) is 7.86. The molecule has 1 heterocycles. The topological polar surface area (TPSA) is 47.2 Å². The van der Waals surface area contributed by atoms with E-state index in [1.165, 1.54) is 19.3 Å². The molecule has 0 unspecified atom stereocenters. The zero-order valence-corrected chi connectivity index (χ0v) is 13.4. The molecule has 0 N–H and O–H groups in total. The Morgan fingerprint density at radius 2 is 1.70 bits per heavy atom. The molecule has 0 bridgehead atoms. The third-order valence-electron chi connectivity index (χ3n) is 4.42. The molecule has 4 heteroatoms. The first-order valence-electron chi connectivity index (χ1n) is 8.52. The van der Waals surface area contributed by atoms with Crippen LogP contribution in [-0.4, -0.2) is 15.7 Å². The van der Waals surface area contributed by atoms with E-state index in [1.54, 1.807) is 10.9 Å². The van der Waals surface area contributed by atoms with Gasteiger partial charge in [-0.25, -0.2) is 9.67 Å². The van der Waals surface area contributed by atoms with Crippen LogP contribution < -0.4 is 5.36 Å². The number of amides is 1. The zero-order chi connectivity index (χ0) is 15.9. The predicted octanol–water partition coefficient (Wildman–Crippen LogP) is 3.66. The summed E-state index contributed by atoms with van der Waals surface area (Å²) in [4.78, 5) is 16.7. The lowest BCUT2D eigenvalue weighted by atomic mass is 9.91. The van der Waals surface area contributed by atoms with Crippen molar-refractivity contribution in [1.29, 1.82) is 0 Å². The summed E-state index contributed by atoms with van der Waals surface area (Å²) in [6, 6.07) is 11.7. The average molecular weight is 309 g/mol. The standard InChI is InChI=1S/C19H23N3O/c23-19(16-9-5-2-1-3-6-10-16)21-17-13-14-22(20-15-17)18-11-7-4-8-12-18/h4,7-8,11-16H,1-3,5-6,9-10H2/b21-17+. The van der Waals surface area contributed by atoms with Crippen molar-refractivity contribution in [1.82, 2.24) is 9.78 Å². The summed E-state index contributed by atoms with van der Waals surface area (Å²) in [6.07, 6.45) is 11.5. The van der Waals surface area contributed by atoms with E-state index in [0.29, 0.717) is 5.36 Å². The van der Waals surface area contributed by atoms with E-state index in [-0.39, 0.29) is 11.8 Å². The average Bonchev–Trinajstić information content (AvgIpc) is 2.56. The maximum Gasteiger partial charge on any atom is 0.249 e. The number of carbonyl (C=O) groups is 1. The van der Waals surface area contributed by atoms with Gasteiger partial charge in [-0.15, -0.1) is 0 Å². The molecule has 2 aromatic rings. The Morgan fingerprint density at radius 1 is 1.00 bits per heavy atom. The molecule has 1 amide bonds. The second-order valence-corrected chi connectivity index (χ2v) is 6.16. The number of carbonyl (C=O) groups excluding carboxylic acids is 1. The summed E-state index contributed by atoms with van der Waals surface area (Å²) < 4.78 is 1.78. The minimum Gasteiger partial charge on any atom is -0.272 e. The van der Waals surface area contributed by atoms with Crippen molar-refractivity contribution >= 4 is 5.91 Å². The first-order chi connectivity index (χ1) is 11.3. The van der Waals surface area contributed by atoms with Crippen LogP contribution in [0.2, 0.25) is 0 Å². The number of nitrogens with zero attached hydrogens (tertiary/aromatic N) is 3. The van der Waals surface area contributed by atoms with Crippen molar-refractivity contribution in [3.05, 3.63) is 54.1 Å². The summed E-state index contributed by atoms with van der Waals surface area (Å²) in [6.45, 7) is 0. The molecular formula is C19H23N3O. The van der Waals surface area contributed by atoms with Crippen molar-refractivity contribution in [2.75, 3.05) is 0 Å². The lowest BCUT2D eigenvalue weighted by Gasteiger charge is -2.16. The van der Waals surface area contributed by atoms with Gasteiger partial charge in [0.05, 0.1) is 17.2 Å². The molecule has 1 saturated carbocycles. The van der Waals surface area contributed by atoms with Crippen molar-refractivity contribution in [2.45, 2.75) is 44.9 Å². The number of aromatic nitrogens is 2. The van der Waals surface area contributed by atoms with Crippen LogP contribution in [0.15, 0.2) is 53.8 Å². The van der Waals surface area contributed by atoms with E-state index in [1.807, 2.05) is 42.6 Å². The summed E-state index contributed by atoms with van der Waals surface area (Å²) in [5.41, 5.74) is 0.991. The number of hydrogen-bond donors (Lipinski definition) is 0. The molecule has 1 aromatic heterocycles. The van der Waals surface area contributed by atoms with Gasteiger partial charge >= 0.3 is 0 Å². The van der Waals surface area contributed by atoms with Gasteiger partial charge in [-0.1, -0.05) is 50.3 Å². The summed E-state index contributed by atoms with van der Waals surface area (Å²) in [5.74, 6) is 0.114. The molecule has 1 aliphatic rings. The van der Waals surface area contributed by atoms with Crippen molar-refractivity contribution in [3.63, 3.8) is 0 Å². The SMILES string of the molecule is O=C(/N=c1\ccn(-c2ccccc2)nc1)C1CCCCCCC1. The molecule has 1 aromatic carbocycles. The van der Waals surface area contributed by atoms with Crippen LogP contribution in [0.4, 0.5) is 0 Å². The molecule has 4 nitrogen and oxygen atoms in total. The predicted molar refractivity (Wildman–Crippen MR) is 89.9 cm³/mol. The zero-order valence-electron chi connectivity index (χ0n) is 13.4. The van der Waals surface area contributed by atoms with Gasteiger partial charge in [-0.05, 0) is 31.0 Å². The second-order valence-electron chi connectivity index (χ2n) is 6.16. The van der Waals surface area contributed by atoms with Crippen LogP contribution in [0.1, 0.15) is 44.9 Å². The van der Waals surface area contributed by atoms with E-state index in [0.717, 1.165) is 31.4 Å². The third kappa shape index (κ3) is 4.38. The van der Waals surface area contributed by atoms with E-state index < -0.39 is 0 Å². The number of benzene rings is 1. The Kier molecular flexibility index (Phi) is 5.35. The Hall–Kier alpha value is -2.23. The Bertz CT molecular complexity index is 678. The van der Waals surface area contributed by atoms with Crippen LogP contribution in [0.5, 0.6) is 0 Å². The first kappa shape index (κ1) is 15.7. The Morgan fingerprint density at radius 3 is 2.35 bits per heavy atom.